The Morgan fingerprint density at radius 3 is 2.62 bits per heavy atom. The van der Waals surface area contributed by atoms with E-state index < -0.39 is 0 Å². The number of hydrogen-bond donors (Lipinski definition) is 1. The van der Waals surface area contributed by atoms with Crippen LogP contribution in [0, 0.1) is 0 Å². The van der Waals surface area contributed by atoms with E-state index in [1.165, 1.54) is 42.4 Å². The first-order valence-corrected chi connectivity index (χ1v) is 9.61. The molecule has 3 aliphatic rings. The zero-order chi connectivity index (χ0) is 16.4. The van der Waals surface area contributed by atoms with Crippen molar-refractivity contribution in [3.8, 4) is 0 Å². The second-order valence-electron chi connectivity index (χ2n) is 7.55. The van der Waals surface area contributed by atoms with Gasteiger partial charge in [-0.1, -0.05) is 31.0 Å². The van der Waals surface area contributed by atoms with Gasteiger partial charge in [0.15, 0.2) is 0 Å². The summed E-state index contributed by atoms with van der Waals surface area (Å²) in [7, 11) is 0. The molecule has 1 aromatic rings. The molecule has 0 amide bonds. The molecule has 1 unspecified atom stereocenters. The largest absolute Gasteiger partial charge is 0.312 e. The zero-order valence-electron chi connectivity index (χ0n) is 14.5. The minimum Gasteiger partial charge on any atom is -0.312 e. The predicted molar refractivity (Wildman–Crippen MR) is 96.1 cm³/mol. The molecular formula is C20H29N3O. The molecule has 4 rings (SSSR count). The van der Waals surface area contributed by atoms with Crippen molar-refractivity contribution in [2.45, 2.75) is 50.7 Å². The molecule has 1 aromatic carbocycles. The van der Waals surface area contributed by atoms with Gasteiger partial charge < -0.3 is 10.1 Å². The van der Waals surface area contributed by atoms with E-state index in [2.05, 4.69) is 33.3 Å². The predicted octanol–water partition coefficient (Wildman–Crippen LogP) is 2.13. The highest BCUT2D eigenvalue weighted by Crippen LogP contribution is 2.28. The normalized spacial score (nSPS) is 24.7. The van der Waals surface area contributed by atoms with Crippen LogP contribution in [0.3, 0.4) is 0 Å². The number of aldehydes is 1. The molecule has 130 valence electrons. The zero-order valence-corrected chi connectivity index (χ0v) is 14.5. The first kappa shape index (κ1) is 16.2. The maximum absolute atomic E-state index is 11.8. The van der Waals surface area contributed by atoms with Gasteiger partial charge in [0.05, 0.1) is 6.04 Å². The second kappa shape index (κ2) is 7.34. The second-order valence-corrected chi connectivity index (χ2v) is 7.55. The van der Waals surface area contributed by atoms with Crippen LogP contribution in [0.2, 0.25) is 0 Å². The summed E-state index contributed by atoms with van der Waals surface area (Å²) in [5, 5.41) is 3.41. The fourth-order valence-electron chi connectivity index (χ4n) is 4.71. The topological polar surface area (TPSA) is 35.6 Å². The Bertz CT molecular complexity index is 574. The maximum atomic E-state index is 11.8. The molecule has 1 saturated heterocycles. The van der Waals surface area contributed by atoms with Gasteiger partial charge in [-0.3, -0.25) is 9.80 Å². The van der Waals surface area contributed by atoms with Gasteiger partial charge in [0.2, 0.25) is 0 Å². The summed E-state index contributed by atoms with van der Waals surface area (Å²) < 4.78 is 0. The first-order valence-electron chi connectivity index (χ1n) is 9.61. The van der Waals surface area contributed by atoms with Crippen LogP contribution >= 0.6 is 0 Å². The quantitative estimate of drug-likeness (QED) is 0.860. The van der Waals surface area contributed by atoms with Crippen molar-refractivity contribution < 1.29 is 4.79 Å². The third-order valence-corrected chi connectivity index (χ3v) is 6.17. The lowest BCUT2D eigenvalue weighted by Crippen LogP contribution is -2.50. The summed E-state index contributed by atoms with van der Waals surface area (Å²) in [6.45, 7) is 6.26. The minimum atomic E-state index is -0.0732. The Balaban J connectivity index is 1.43. The van der Waals surface area contributed by atoms with Crippen LogP contribution in [-0.2, 0) is 17.8 Å². The molecule has 0 spiro atoms. The summed E-state index contributed by atoms with van der Waals surface area (Å²) in [4.78, 5) is 16.9. The summed E-state index contributed by atoms with van der Waals surface area (Å²) >= 11 is 0. The van der Waals surface area contributed by atoms with Gasteiger partial charge in [0, 0.05) is 38.8 Å². The Hall–Kier alpha value is -1.23. The Labute approximate surface area is 145 Å². The van der Waals surface area contributed by atoms with Crippen LogP contribution in [0.15, 0.2) is 18.2 Å². The van der Waals surface area contributed by atoms with Gasteiger partial charge in [-0.2, -0.15) is 0 Å². The molecule has 0 radical (unpaired) electrons. The highest BCUT2D eigenvalue weighted by molar-refractivity contribution is 5.62. The highest BCUT2D eigenvalue weighted by atomic mass is 16.1. The van der Waals surface area contributed by atoms with Crippen molar-refractivity contribution in [3.05, 3.63) is 34.9 Å². The van der Waals surface area contributed by atoms with E-state index in [9.17, 15) is 4.79 Å². The van der Waals surface area contributed by atoms with Gasteiger partial charge in [0.25, 0.3) is 0 Å². The minimum absolute atomic E-state index is 0.0732. The standard InChI is InChI=1S/C20H29N3O/c24-15-20(17-5-6-18-14-21-8-7-16(18)13-17)23-11-9-22(10-12-23)19-3-1-2-4-19/h5-6,13,15,19-21H,1-4,7-12,14H2. The first-order chi connectivity index (χ1) is 11.8. The van der Waals surface area contributed by atoms with Crippen LogP contribution in [0.5, 0.6) is 0 Å². The molecular weight excluding hydrogens is 298 g/mol. The monoisotopic (exact) mass is 327 g/mol. The lowest BCUT2D eigenvalue weighted by Gasteiger charge is -2.40. The Morgan fingerprint density at radius 2 is 1.88 bits per heavy atom. The molecule has 24 heavy (non-hydrogen) atoms. The molecule has 1 atom stereocenters. The number of fused-ring (bicyclic) bond motifs is 1. The lowest BCUT2D eigenvalue weighted by molar-refractivity contribution is -0.113. The van der Waals surface area contributed by atoms with E-state index >= 15 is 0 Å². The van der Waals surface area contributed by atoms with E-state index in [1.54, 1.807) is 0 Å². The van der Waals surface area contributed by atoms with Gasteiger partial charge in [-0.15, -0.1) is 0 Å². The van der Waals surface area contributed by atoms with Crippen LogP contribution in [0.25, 0.3) is 0 Å². The van der Waals surface area contributed by atoms with Crippen LogP contribution in [0.1, 0.15) is 48.4 Å². The Morgan fingerprint density at radius 1 is 1.08 bits per heavy atom. The fourth-order valence-corrected chi connectivity index (χ4v) is 4.71. The van der Waals surface area contributed by atoms with Crippen molar-refractivity contribution >= 4 is 6.29 Å². The smallest absolute Gasteiger partial charge is 0.141 e. The molecule has 1 saturated carbocycles. The summed E-state index contributed by atoms with van der Waals surface area (Å²) in [5.74, 6) is 0. The van der Waals surface area contributed by atoms with Crippen molar-refractivity contribution in [3.63, 3.8) is 0 Å². The lowest BCUT2D eigenvalue weighted by atomic mass is 9.95. The maximum Gasteiger partial charge on any atom is 0.141 e. The van der Waals surface area contributed by atoms with E-state index in [-0.39, 0.29) is 6.04 Å². The number of hydrogen-bond acceptors (Lipinski definition) is 4. The SMILES string of the molecule is O=CC(c1ccc2c(c1)CCNC2)N1CCN(C2CCCC2)CC1. The van der Waals surface area contributed by atoms with E-state index in [0.717, 1.165) is 58.0 Å². The number of nitrogens with one attached hydrogen (secondary N) is 1. The number of carbonyl (C=O) groups excluding carboxylic acids is 1. The van der Waals surface area contributed by atoms with Gasteiger partial charge in [0.1, 0.15) is 6.29 Å². The molecule has 4 nitrogen and oxygen atoms in total. The van der Waals surface area contributed by atoms with E-state index in [0.29, 0.717) is 0 Å². The average molecular weight is 327 g/mol. The Kier molecular flexibility index (Phi) is 4.97. The molecule has 2 fully saturated rings. The molecule has 1 aliphatic carbocycles. The molecule has 2 aliphatic heterocycles. The molecule has 2 heterocycles. The third kappa shape index (κ3) is 3.28. The summed E-state index contributed by atoms with van der Waals surface area (Å²) in [5.41, 5.74) is 3.99. The van der Waals surface area contributed by atoms with Crippen molar-refractivity contribution in [1.29, 1.82) is 0 Å². The summed E-state index contributed by atoms with van der Waals surface area (Å²) in [6, 6.07) is 7.38. The van der Waals surface area contributed by atoms with Gasteiger partial charge in [-0.05, 0) is 42.5 Å². The number of piperazine rings is 1. The molecule has 0 aromatic heterocycles. The van der Waals surface area contributed by atoms with Crippen LogP contribution < -0.4 is 5.32 Å². The van der Waals surface area contributed by atoms with Crippen molar-refractivity contribution in [1.82, 2.24) is 15.1 Å². The fraction of sp³-hybridized carbons (Fsp3) is 0.650. The number of benzene rings is 1. The average Bonchev–Trinajstić information content (AvgIpc) is 3.17. The van der Waals surface area contributed by atoms with Gasteiger partial charge >= 0.3 is 0 Å². The van der Waals surface area contributed by atoms with E-state index in [4.69, 9.17) is 0 Å². The van der Waals surface area contributed by atoms with Crippen molar-refractivity contribution in [2.75, 3.05) is 32.7 Å². The van der Waals surface area contributed by atoms with Crippen LogP contribution in [-0.4, -0.2) is 54.9 Å². The molecule has 4 heteroatoms. The highest BCUT2D eigenvalue weighted by Gasteiger charge is 2.29. The van der Waals surface area contributed by atoms with Crippen LogP contribution in [0.4, 0.5) is 0 Å². The molecule has 0 bridgehead atoms. The number of carbonyl (C=O) groups is 1. The van der Waals surface area contributed by atoms with E-state index in [1.807, 2.05) is 0 Å². The van der Waals surface area contributed by atoms with Gasteiger partial charge in [-0.25, -0.2) is 0 Å². The summed E-state index contributed by atoms with van der Waals surface area (Å²) in [6.07, 6.45) is 7.75. The molecule has 1 N–H and O–H groups in total. The number of rotatable bonds is 4. The van der Waals surface area contributed by atoms with Crippen molar-refractivity contribution in [2.24, 2.45) is 0 Å². The third-order valence-electron chi connectivity index (χ3n) is 6.17. The number of nitrogens with zero attached hydrogens (tertiary/aromatic N) is 2.